The van der Waals surface area contributed by atoms with E-state index in [1.54, 1.807) is 0 Å². The second kappa shape index (κ2) is 9.94. The molecule has 146 valence electrons. The molecule has 7 nitrogen and oxygen atoms in total. The molecule has 0 aliphatic heterocycles. The molecule has 2 rings (SSSR count). The highest BCUT2D eigenvalue weighted by atomic mass is 32.2. The van der Waals surface area contributed by atoms with E-state index in [0.29, 0.717) is 24.0 Å². The van der Waals surface area contributed by atoms with Crippen molar-refractivity contribution in [3.8, 4) is 0 Å². The van der Waals surface area contributed by atoms with Crippen molar-refractivity contribution in [3.05, 3.63) is 5.82 Å². The number of rotatable bonds is 9. The van der Waals surface area contributed by atoms with E-state index < -0.39 is 0 Å². The Labute approximate surface area is 159 Å². The van der Waals surface area contributed by atoms with Crippen LogP contribution in [0.25, 0.3) is 0 Å². The largest absolute Gasteiger partial charge is 0.370 e. The molecular formula is C18H31N5O2S. The SMILES string of the molecule is CC(C)Cn1c(CCC(N)=O)nnc1SCC(=O)NC1CCCCC1C. The zero-order chi connectivity index (χ0) is 19.1. The highest BCUT2D eigenvalue weighted by Gasteiger charge is 2.23. The first-order valence-corrected chi connectivity index (χ1v) is 10.5. The van der Waals surface area contributed by atoms with E-state index >= 15 is 0 Å². The molecule has 8 heteroatoms. The lowest BCUT2D eigenvalue weighted by molar-refractivity contribution is -0.120. The number of amides is 2. The number of hydrogen-bond donors (Lipinski definition) is 2. The van der Waals surface area contributed by atoms with Crippen LogP contribution in [-0.2, 0) is 22.6 Å². The second-order valence-corrected chi connectivity index (χ2v) is 8.54. The Balaban J connectivity index is 1.94. The van der Waals surface area contributed by atoms with Crippen LogP contribution in [-0.4, -0.2) is 38.4 Å². The van der Waals surface area contributed by atoms with Crippen molar-refractivity contribution in [3.63, 3.8) is 0 Å². The third-order valence-electron chi connectivity index (χ3n) is 4.73. The Bertz CT molecular complexity index is 617. The number of nitrogens with one attached hydrogen (secondary N) is 1. The normalized spacial score (nSPS) is 20.3. The lowest BCUT2D eigenvalue weighted by Crippen LogP contribution is -2.41. The van der Waals surface area contributed by atoms with E-state index in [0.717, 1.165) is 23.9 Å². The molecule has 1 aliphatic carbocycles. The quantitative estimate of drug-likeness (QED) is 0.638. The molecule has 1 saturated carbocycles. The highest BCUT2D eigenvalue weighted by molar-refractivity contribution is 7.99. The molecule has 0 bridgehead atoms. The minimum atomic E-state index is -0.348. The molecular weight excluding hydrogens is 350 g/mol. The molecule has 0 saturated heterocycles. The Morgan fingerprint density at radius 1 is 1.31 bits per heavy atom. The summed E-state index contributed by atoms with van der Waals surface area (Å²) in [4.78, 5) is 23.4. The van der Waals surface area contributed by atoms with Gasteiger partial charge in [-0.2, -0.15) is 0 Å². The van der Waals surface area contributed by atoms with Crippen LogP contribution in [0, 0.1) is 11.8 Å². The third-order valence-corrected chi connectivity index (χ3v) is 5.69. The molecule has 1 heterocycles. The van der Waals surface area contributed by atoms with Gasteiger partial charge in [0, 0.05) is 25.4 Å². The maximum absolute atomic E-state index is 12.3. The van der Waals surface area contributed by atoms with Gasteiger partial charge in [-0.25, -0.2) is 0 Å². The van der Waals surface area contributed by atoms with Crippen molar-refractivity contribution >= 4 is 23.6 Å². The summed E-state index contributed by atoms with van der Waals surface area (Å²) in [7, 11) is 0. The molecule has 2 amide bonds. The van der Waals surface area contributed by atoms with E-state index in [1.165, 1.54) is 31.0 Å². The minimum absolute atomic E-state index is 0.0477. The maximum Gasteiger partial charge on any atom is 0.230 e. The third kappa shape index (κ3) is 6.30. The van der Waals surface area contributed by atoms with Crippen molar-refractivity contribution in [1.29, 1.82) is 0 Å². The summed E-state index contributed by atoms with van der Waals surface area (Å²) in [6, 6.07) is 0.288. The molecule has 1 fully saturated rings. The van der Waals surface area contributed by atoms with Gasteiger partial charge in [0.2, 0.25) is 11.8 Å². The van der Waals surface area contributed by atoms with Crippen LogP contribution in [0.5, 0.6) is 0 Å². The summed E-state index contributed by atoms with van der Waals surface area (Å²) in [6.07, 6.45) is 5.42. The van der Waals surface area contributed by atoms with E-state index in [-0.39, 0.29) is 24.3 Å². The van der Waals surface area contributed by atoms with Crippen LogP contribution in [0.15, 0.2) is 5.16 Å². The van der Waals surface area contributed by atoms with Gasteiger partial charge >= 0.3 is 0 Å². The molecule has 3 N–H and O–H groups in total. The van der Waals surface area contributed by atoms with Crippen molar-refractivity contribution in [2.45, 2.75) is 77.0 Å². The number of nitrogens with two attached hydrogens (primary N) is 1. The number of thioether (sulfide) groups is 1. The first-order valence-electron chi connectivity index (χ1n) is 9.49. The fourth-order valence-corrected chi connectivity index (χ4v) is 4.08. The monoisotopic (exact) mass is 381 g/mol. The van der Waals surface area contributed by atoms with Gasteiger partial charge in [0.05, 0.1) is 5.75 Å². The van der Waals surface area contributed by atoms with E-state index in [2.05, 4.69) is 36.3 Å². The summed E-state index contributed by atoms with van der Waals surface area (Å²) < 4.78 is 2.01. The molecule has 0 spiro atoms. The van der Waals surface area contributed by atoms with Crippen LogP contribution in [0.4, 0.5) is 0 Å². The Morgan fingerprint density at radius 3 is 2.69 bits per heavy atom. The van der Waals surface area contributed by atoms with Gasteiger partial charge in [0.25, 0.3) is 0 Å². The predicted molar refractivity (Wildman–Crippen MR) is 103 cm³/mol. The summed E-state index contributed by atoms with van der Waals surface area (Å²) in [5.41, 5.74) is 5.24. The van der Waals surface area contributed by atoms with Crippen molar-refractivity contribution in [2.75, 3.05) is 5.75 Å². The summed E-state index contributed by atoms with van der Waals surface area (Å²) >= 11 is 1.40. The molecule has 1 aromatic heterocycles. The molecule has 2 atom stereocenters. The molecule has 26 heavy (non-hydrogen) atoms. The minimum Gasteiger partial charge on any atom is -0.370 e. The lowest BCUT2D eigenvalue weighted by Gasteiger charge is -2.29. The average Bonchev–Trinajstić information content (AvgIpc) is 2.94. The Hall–Kier alpha value is -1.57. The van der Waals surface area contributed by atoms with Crippen LogP contribution < -0.4 is 11.1 Å². The number of primary amides is 1. The number of carbonyl (C=O) groups excluding carboxylic acids is 2. The van der Waals surface area contributed by atoms with Crippen LogP contribution >= 0.6 is 11.8 Å². The fraction of sp³-hybridized carbons (Fsp3) is 0.778. The number of hydrogen-bond acceptors (Lipinski definition) is 5. The molecule has 0 aromatic carbocycles. The van der Waals surface area contributed by atoms with Crippen LogP contribution in [0.3, 0.4) is 0 Å². The topological polar surface area (TPSA) is 103 Å². The zero-order valence-corrected chi connectivity index (χ0v) is 16.8. The first kappa shape index (κ1) is 20.7. The van der Waals surface area contributed by atoms with E-state index in [4.69, 9.17) is 5.73 Å². The van der Waals surface area contributed by atoms with Crippen molar-refractivity contribution in [2.24, 2.45) is 17.6 Å². The van der Waals surface area contributed by atoms with Crippen molar-refractivity contribution < 1.29 is 9.59 Å². The highest BCUT2D eigenvalue weighted by Crippen LogP contribution is 2.24. The predicted octanol–water partition coefficient (Wildman–Crippen LogP) is 2.14. The van der Waals surface area contributed by atoms with Crippen molar-refractivity contribution in [1.82, 2.24) is 20.1 Å². The van der Waals surface area contributed by atoms with Gasteiger partial charge in [-0.15, -0.1) is 10.2 Å². The Kier molecular flexibility index (Phi) is 7.93. The molecule has 2 unspecified atom stereocenters. The molecule has 1 aliphatic rings. The smallest absolute Gasteiger partial charge is 0.230 e. The molecule has 1 aromatic rings. The second-order valence-electron chi connectivity index (χ2n) is 7.59. The van der Waals surface area contributed by atoms with Gasteiger partial charge in [-0.3, -0.25) is 9.59 Å². The fourth-order valence-electron chi connectivity index (χ4n) is 3.30. The van der Waals surface area contributed by atoms with Crippen LogP contribution in [0.2, 0.25) is 0 Å². The zero-order valence-electron chi connectivity index (χ0n) is 16.0. The summed E-state index contributed by atoms with van der Waals surface area (Å²) in [6.45, 7) is 7.19. The number of carbonyl (C=O) groups is 2. The molecule has 0 radical (unpaired) electrons. The van der Waals surface area contributed by atoms with E-state index in [9.17, 15) is 9.59 Å². The van der Waals surface area contributed by atoms with Gasteiger partial charge in [-0.05, 0) is 24.7 Å². The summed E-state index contributed by atoms with van der Waals surface area (Å²) in [5, 5.41) is 12.3. The van der Waals surface area contributed by atoms with Crippen LogP contribution in [0.1, 0.15) is 58.7 Å². The maximum atomic E-state index is 12.3. The first-order chi connectivity index (χ1) is 12.4. The number of nitrogens with zero attached hydrogens (tertiary/aromatic N) is 3. The Morgan fingerprint density at radius 2 is 2.04 bits per heavy atom. The average molecular weight is 382 g/mol. The number of aryl methyl sites for hydroxylation is 1. The lowest BCUT2D eigenvalue weighted by atomic mass is 9.86. The van der Waals surface area contributed by atoms with Gasteiger partial charge in [0.15, 0.2) is 5.16 Å². The summed E-state index contributed by atoms with van der Waals surface area (Å²) in [5.74, 6) is 1.74. The standard InChI is InChI=1S/C18H31N5O2S/c1-12(2)10-23-16(9-8-15(19)24)21-22-18(23)26-11-17(25)20-14-7-5-4-6-13(14)3/h12-14H,4-11H2,1-3H3,(H2,19,24)(H,20,25). The van der Waals surface area contributed by atoms with Gasteiger partial charge < -0.3 is 15.6 Å². The van der Waals surface area contributed by atoms with Gasteiger partial charge in [0.1, 0.15) is 5.82 Å². The number of aromatic nitrogens is 3. The van der Waals surface area contributed by atoms with E-state index in [1.807, 2.05) is 4.57 Å². The van der Waals surface area contributed by atoms with Gasteiger partial charge in [-0.1, -0.05) is 45.4 Å².